The number of nitrogens with one attached hydrogen (secondary N) is 1. The maximum atomic E-state index is 12.3. The van der Waals surface area contributed by atoms with Crippen molar-refractivity contribution < 1.29 is 19.1 Å². The molecular formula is C25H26N2O4. The fraction of sp³-hybridized carbons (Fsp3) is 0.200. The summed E-state index contributed by atoms with van der Waals surface area (Å²) in [5.74, 6) is 1.69. The predicted molar refractivity (Wildman–Crippen MR) is 121 cm³/mol. The number of carbonyl (C=O) groups is 2. The van der Waals surface area contributed by atoms with Gasteiger partial charge in [0, 0.05) is 24.3 Å². The topological polar surface area (TPSA) is 67.9 Å². The van der Waals surface area contributed by atoms with Gasteiger partial charge < -0.3 is 19.7 Å². The molecule has 0 aliphatic heterocycles. The van der Waals surface area contributed by atoms with Gasteiger partial charge in [0.15, 0.2) is 6.61 Å². The molecule has 6 heteroatoms. The van der Waals surface area contributed by atoms with E-state index in [1.165, 1.54) is 0 Å². The minimum Gasteiger partial charge on any atom is -0.484 e. The Hall–Kier alpha value is -3.80. The minimum absolute atomic E-state index is 0.0223. The Bertz CT molecular complexity index is 982. The molecular weight excluding hydrogens is 392 g/mol. The molecule has 0 aliphatic rings. The summed E-state index contributed by atoms with van der Waals surface area (Å²) in [6.45, 7) is 5.08. The smallest absolute Gasteiger partial charge is 0.262 e. The maximum absolute atomic E-state index is 12.3. The van der Waals surface area contributed by atoms with Crippen LogP contribution in [0.5, 0.6) is 17.2 Å². The SMILES string of the molecule is CCN(CC)C(=O)c1ccc(NC(=O)COc2ccc(Oc3ccccc3)cc2)cc1. The van der Waals surface area contributed by atoms with Crippen molar-refractivity contribution in [3.63, 3.8) is 0 Å². The molecule has 0 aliphatic carbocycles. The number of hydrogen-bond acceptors (Lipinski definition) is 4. The van der Waals surface area contributed by atoms with Gasteiger partial charge in [-0.05, 0) is 74.5 Å². The molecule has 31 heavy (non-hydrogen) atoms. The van der Waals surface area contributed by atoms with E-state index in [4.69, 9.17) is 9.47 Å². The van der Waals surface area contributed by atoms with E-state index < -0.39 is 0 Å². The van der Waals surface area contributed by atoms with Crippen LogP contribution in [0, 0.1) is 0 Å². The number of carbonyl (C=O) groups excluding carboxylic acids is 2. The Morgan fingerprint density at radius 2 is 1.35 bits per heavy atom. The molecule has 6 nitrogen and oxygen atoms in total. The number of hydrogen-bond donors (Lipinski definition) is 1. The summed E-state index contributed by atoms with van der Waals surface area (Å²) in [5, 5.41) is 2.77. The standard InChI is InChI=1S/C25H26N2O4/c1-3-27(4-2)25(29)19-10-12-20(13-11-19)26-24(28)18-30-21-14-16-23(17-15-21)31-22-8-6-5-7-9-22/h5-17H,3-4,18H2,1-2H3,(H,26,28). The molecule has 0 bridgehead atoms. The molecule has 3 rings (SSSR count). The van der Waals surface area contributed by atoms with Crippen molar-refractivity contribution >= 4 is 17.5 Å². The lowest BCUT2D eigenvalue weighted by atomic mass is 10.2. The molecule has 1 N–H and O–H groups in total. The minimum atomic E-state index is -0.285. The van der Waals surface area contributed by atoms with Crippen LogP contribution in [0.15, 0.2) is 78.9 Å². The first-order valence-corrected chi connectivity index (χ1v) is 10.2. The second kappa shape index (κ2) is 10.8. The number of rotatable bonds is 9. The van der Waals surface area contributed by atoms with Crippen LogP contribution in [-0.4, -0.2) is 36.4 Å². The van der Waals surface area contributed by atoms with Crippen LogP contribution < -0.4 is 14.8 Å². The number of ether oxygens (including phenoxy) is 2. The molecule has 0 radical (unpaired) electrons. The lowest BCUT2D eigenvalue weighted by Crippen LogP contribution is -2.30. The molecule has 3 aromatic carbocycles. The maximum Gasteiger partial charge on any atom is 0.262 e. The highest BCUT2D eigenvalue weighted by Gasteiger charge is 2.12. The van der Waals surface area contributed by atoms with Gasteiger partial charge in [0.25, 0.3) is 11.8 Å². The van der Waals surface area contributed by atoms with Crippen molar-refractivity contribution in [2.75, 3.05) is 25.0 Å². The molecule has 0 saturated carbocycles. The highest BCUT2D eigenvalue weighted by Crippen LogP contribution is 2.23. The number of anilines is 1. The lowest BCUT2D eigenvalue weighted by molar-refractivity contribution is -0.118. The van der Waals surface area contributed by atoms with Gasteiger partial charge in [0.2, 0.25) is 0 Å². The lowest BCUT2D eigenvalue weighted by Gasteiger charge is -2.18. The Labute approximate surface area is 182 Å². The van der Waals surface area contributed by atoms with E-state index in [-0.39, 0.29) is 18.4 Å². The van der Waals surface area contributed by atoms with Crippen LogP contribution >= 0.6 is 0 Å². The molecule has 0 heterocycles. The fourth-order valence-corrected chi connectivity index (χ4v) is 2.96. The van der Waals surface area contributed by atoms with Gasteiger partial charge in [0.05, 0.1) is 0 Å². The monoisotopic (exact) mass is 418 g/mol. The van der Waals surface area contributed by atoms with E-state index >= 15 is 0 Å². The van der Waals surface area contributed by atoms with Crippen LogP contribution in [0.25, 0.3) is 0 Å². The summed E-state index contributed by atoms with van der Waals surface area (Å²) >= 11 is 0. The summed E-state index contributed by atoms with van der Waals surface area (Å²) in [6.07, 6.45) is 0. The van der Waals surface area contributed by atoms with Gasteiger partial charge in [-0.1, -0.05) is 18.2 Å². The average Bonchev–Trinajstić information content (AvgIpc) is 2.80. The molecule has 0 spiro atoms. The van der Waals surface area contributed by atoms with Gasteiger partial charge >= 0.3 is 0 Å². The van der Waals surface area contributed by atoms with Gasteiger partial charge in [0.1, 0.15) is 17.2 Å². The second-order valence-corrected chi connectivity index (χ2v) is 6.78. The highest BCUT2D eigenvalue weighted by molar-refractivity contribution is 5.96. The van der Waals surface area contributed by atoms with Crippen LogP contribution in [0.3, 0.4) is 0 Å². The molecule has 0 unspecified atom stereocenters. The normalized spacial score (nSPS) is 10.3. The molecule has 2 amide bonds. The van der Waals surface area contributed by atoms with Crippen LogP contribution in [0.2, 0.25) is 0 Å². The van der Waals surface area contributed by atoms with Gasteiger partial charge in [-0.15, -0.1) is 0 Å². The molecule has 0 aromatic heterocycles. The molecule has 0 fully saturated rings. The first kappa shape index (κ1) is 21.9. The first-order valence-electron chi connectivity index (χ1n) is 10.2. The van der Waals surface area contributed by atoms with Crippen molar-refractivity contribution in [3.05, 3.63) is 84.4 Å². The van der Waals surface area contributed by atoms with E-state index in [0.717, 1.165) is 5.75 Å². The van der Waals surface area contributed by atoms with Crippen molar-refractivity contribution in [2.24, 2.45) is 0 Å². The van der Waals surface area contributed by atoms with Crippen molar-refractivity contribution in [1.82, 2.24) is 4.90 Å². The predicted octanol–water partition coefficient (Wildman–Crippen LogP) is 4.98. The van der Waals surface area contributed by atoms with Crippen LogP contribution in [0.4, 0.5) is 5.69 Å². The summed E-state index contributed by atoms with van der Waals surface area (Å²) in [5.41, 5.74) is 1.20. The van der Waals surface area contributed by atoms with Gasteiger partial charge in [-0.3, -0.25) is 9.59 Å². The van der Waals surface area contributed by atoms with Crippen LogP contribution in [-0.2, 0) is 4.79 Å². The zero-order valence-electron chi connectivity index (χ0n) is 17.7. The number of nitrogens with zero attached hydrogens (tertiary/aromatic N) is 1. The highest BCUT2D eigenvalue weighted by atomic mass is 16.5. The fourth-order valence-electron chi connectivity index (χ4n) is 2.96. The first-order chi connectivity index (χ1) is 15.1. The van der Waals surface area contributed by atoms with Gasteiger partial charge in [-0.25, -0.2) is 0 Å². The van der Waals surface area contributed by atoms with Crippen molar-refractivity contribution in [3.8, 4) is 17.2 Å². The van der Waals surface area contributed by atoms with E-state index in [2.05, 4.69) is 5.32 Å². The van der Waals surface area contributed by atoms with Crippen molar-refractivity contribution in [2.45, 2.75) is 13.8 Å². The summed E-state index contributed by atoms with van der Waals surface area (Å²) in [7, 11) is 0. The molecule has 3 aromatic rings. The molecule has 160 valence electrons. The molecule has 0 atom stereocenters. The van der Waals surface area contributed by atoms with E-state index in [1.807, 2.05) is 44.2 Å². The second-order valence-electron chi connectivity index (χ2n) is 6.78. The molecule has 0 saturated heterocycles. The Kier molecular flexibility index (Phi) is 7.65. The summed E-state index contributed by atoms with van der Waals surface area (Å²) in [6, 6.07) is 23.4. The zero-order chi connectivity index (χ0) is 22.1. The third-order valence-electron chi connectivity index (χ3n) is 4.64. The quantitative estimate of drug-likeness (QED) is 0.532. The van der Waals surface area contributed by atoms with E-state index in [0.29, 0.717) is 35.8 Å². The summed E-state index contributed by atoms with van der Waals surface area (Å²) < 4.78 is 11.3. The van der Waals surface area contributed by atoms with E-state index in [9.17, 15) is 9.59 Å². The Morgan fingerprint density at radius 3 is 1.97 bits per heavy atom. The van der Waals surface area contributed by atoms with Crippen LogP contribution in [0.1, 0.15) is 24.2 Å². The number of benzene rings is 3. The van der Waals surface area contributed by atoms with E-state index in [1.54, 1.807) is 53.4 Å². The third kappa shape index (κ3) is 6.34. The number of amides is 2. The Balaban J connectivity index is 1.48. The third-order valence-corrected chi connectivity index (χ3v) is 4.64. The number of para-hydroxylation sites is 1. The largest absolute Gasteiger partial charge is 0.484 e. The Morgan fingerprint density at radius 1 is 0.774 bits per heavy atom. The summed E-state index contributed by atoms with van der Waals surface area (Å²) in [4.78, 5) is 26.3. The average molecular weight is 418 g/mol. The van der Waals surface area contributed by atoms with Gasteiger partial charge in [-0.2, -0.15) is 0 Å². The zero-order valence-corrected chi connectivity index (χ0v) is 17.7. The van der Waals surface area contributed by atoms with Crippen molar-refractivity contribution in [1.29, 1.82) is 0 Å².